The van der Waals surface area contributed by atoms with Crippen molar-refractivity contribution in [3.05, 3.63) is 46.6 Å². The van der Waals surface area contributed by atoms with Gasteiger partial charge in [0.15, 0.2) is 16.9 Å². The van der Waals surface area contributed by atoms with Gasteiger partial charge in [0.1, 0.15) is 40.9 Å². The van der Waals surface area contributed by atoms with Gasteiger partial charge in [0, 0.05) is 23.8 Å². The average Bonchev–Trinajstić information content (AvgIpc) is 3.54. The van der Waals surface area contributed by atoms with Crippen molar-refractivity contribution < 1.29 is 28.6 Å². The number of rotatable bonds is 8. The minimum absolute atomic E-state index is 0.108. The average molecular weight is 494 g/mol. The molecule has 1 aromatic heterocycles. The highest BCUT2D eigenvalue weighted by Crippen LogP contribution is 2.37. The third-order valence-electron chi connectivity index (χ3n) is 6.69. The molecule has 36 heavy (non-hydrogen) atoms. The Bertz CT molecular complexity index is 1320. The van der Waals surface area contributed by atoms with Crippen molar-refractivity contribution >= 4 is 16.7 Å². The highest BCUT2D eigenvalue weighted by atomic mass is 16.6. The zero-order valence-electron chi connectivity index (χ0n) is 20.6. The molecule has 2 aromatic carbocycles. The largest absolute Gasteiger partial charge is 0.507 e. The quantitative estimate of drug-likeness (QED) is 0.395. The zero-order valence-corrected chi connectivity index (χ0v) is 20.6. The summed E-state index contributed by atoms with van der Waals surface area (Å²) in [6.07, 6.45) is 6.77. The number of hydrogen-bond donors (Lipinski definition) is 1. The molecule has 0 saturated heterocycles. The number of phenolic OH excluding ortho intramolecular Hbond substituents is 1. The lowest BCUT2D eigenvalue weighted by Crippen LogP contribution is -2.21. The Balaban J connectivity index is 1.48. The van der Waals surface area contributed by atoms with Gasteiger partial charge in [-0.2, -0.15) is 0 Å². The number of aromatic hydroxyl groups is 1. The fourth-order valence-corrected chi connectivity index (χ4v) is 4.90. The van der Waals surface area contributed by atoms with Crippen molar-refractivity contribution in [1.29, 1.82) is 0 Å². The number of nitrogens with zero attached hydrogens (tertiary/aromatic N) is 1. The van der Waals surface area contributed by atoms with Crippen molar-refractivity contribution in [3.63, 3.8) is 0 Å². The summed E-state index contributed by atoms with van der Waals surface area (Å²) in [6, 6.07) is 9.91. The molecule has 2 aliphatic carbocycles. The summed E-state index contributed by atoms with van der Waals surface area (Å²) >= 11 is 0. The number of benzene rings is 2. The number of fused-ring (bicyclic) bond motifs is 1. The Hall–Kier alpha value is -3.68. The van der Waals surface area contributed by atoms with E-state index >= 15 is 0 Å². The summed E-state index contributed by atoms with van der Waals surface area (Å²) in [5.41, 5.74) is 1.40. The lowest BCUT2D eigenvalue weighted by atomic mass is 10.1. The van der Waals surface area contributed by atoms with E-state index in [9.17, 15) is 9.90 Å². The first kappa shape index (κ1) is 24.0. The standard InChI is InChI=1S/C28H31NO7/c1-3-33-29-20-9-6-10-23(20)35-19-14-21(30)28-22(31)16-25(36-27(28)15-19)17-11-12-24(32-2)26(13-17)34-18-7-4-5-8-18/h11-16,18,23,30H,3-10H2,1-2H3. The van der Waals surface area contributed by atoms with Gasteiger partial charge in [-0.25, -0.2) is 0 Å². The smallest absolute Gasteiger partial charge is 0.197 e. The van der Waals surface area contributed by atoms with Crippen LogP contribution in [0.5, 0.6) is 23.0 Å². The van der Waals surface area contributed by atoms with Crippen LogP contribution in [0.25, 0.3) is 22.3 Å². The Kier molecular flexibility index (Phi) is 7.02. The third-order valence-corrected chi connectivity index (χ3v) is 6.69. The van der Waals surface area contributed by atoms with E-state index in [0.717, 1.165) is 50.7 Å². The van der Waals surface area contributed by atoms with Crippen molar-refractivity contribution in [2.75, 3.05) is 13.7 Å². The summed E-state index contributed by atoms with van der Waals surface area (Å²) in [6.45, 7) is 2.36. The maximum Gasteiger partial charge on any atom is 0.197 e. The molecular formula is C28H31NO7. The minimum Gasteiger partial charge on any atom is -0.507 e. The molecule has 2 saturated carbocycles. The summed E-state index contributed by atoms with van der Waals surface area (Å²) < 4.78 is 23.9. The molecule has 0 amide bonds. The van der Waals surface area contributed by atoms with Crippen LogP contribution >= 0.6 is 0 Å². The van der Waals surface area contributed by atoms with Gasteiger partial charge in [-0.15, -0.1) is 0 Å². The summed E-state index contributed by atoms with van der Waals surface area (Å²) in [7, 11) is 1.60. The van der Waals surface area contributed by atoms with Crippen molar-refractivity contribution in [2.24, 2.45) is 5.16 Å². The van der Waals surface area contributed by atoms with Gasteiger partial charge < -0.3 is 28.6 Å². The van der Waals surface area contributed by atoms with E-state index < -0.39 is 0 Å². The zero-order chi connectivity index (χ0) is 25.1. The molecule has 1 N–H and O–H groups in total. The van der Waals surface area contributed by atoms with Crippen LogP contribution in [0.4, 0.5) is 0 Å². The molecule has 1 atom stereocenters. The lowest BCUT2D eigenvalue weighted by Gasteiger charge is -2.17. The molecule has 1 unspecified atom stereocenters. The van der Waals surface area contributed by atoms with Gasteiger partial charge in [-0.1, -0.05) is 5.16 Å². The maximum atomic E-state index is 13.0. The predicted molar refractivity (Wildman–Crippen MR) is 136 cm³/mol. The maximum absolute atomic E-state index is 13.0. The molecule has 0 spiro atoms. The topological polar surface area (TPSA) is 99.7 Å². The lowest BCUT2D eigenvalue weighted by molar-refractivity contribution is 0.153. The van der Waals surface area contributed by atoms with E-state index in [2.05, 4.69) is 5.16 Å². The summed E-state index contributed by atoms with van der Waals surface area (Å²) in [5, 5.41) is 14.9. The Morgan fingerprint density at radius 3 is 2.64 bits per heavy atom. The Morgan fingerprint density at radius 2 is 1.86 bits per heavy atom. The van der Waals surface area contributed by atoms with Gasteiger partial charge in [-0.05, 0) is 70.1 Å². The Morgan fingerprint density at radius 1 is 1.03 bits per heavy atom. The molecule has 5 rings (SSSR count). The van der Waals surface area contributed by atoms with E-state index in [0.29, 0.717) is 35.2 Å². The number of ether oxygens (including phenoxy) is 3. The molecule has 1 heterocycles. The molecule has 8 heteroatoms. The number of oxime groups is 1. The molecule has 190 valence electrons. The molecular weight excluding hydrogens is 462 g/mol. The van der Waals surface area contributed by atoms with Crippen LogP contribution in [0.2, 0.25) is 0 Å². The molecule has 0 radical (unpaired) electrons. The van der Waals surface area contributed by atoms with E-state index in [1.807, 2.05) is 19.1 Å². The second-order valence-electron chi connectivity index (χ2n) is 9.18. The number of methoxy groups -OCH3 is 1. The monoisotopic (exact) mass is 493 g/mol. The fourth-order valence-electron chi connectivity index (χ4n) is 4.90. The van der Waals surface area contributed by atoms with Crippen molar-refractivity contribution in [2.45, 2.75) is 64.1 Å². The van der Waals surface area contributed by atoms with Crippen LogP contribution in [0.3, 0.4) is 0 Å². The first-order chi connectivity index (χ1) is 17.6. The summed E-state index contributed by atoms with van der Waals surface area (Å²) in [4.78, 5) is 18.2. The molecule has 2 aliphatic rings. The predicted octanol–water partition coefficient (Wildman–Crippen LogP) is 5.82. The van der Waals surface area contributed by atoms with Gasteiger partial charge in [-0.3, -0.25) is 4.79 Å². The van der Waals surface area contributed by atoms with E-state index in [1.54, 1.807) is 19.2 Å². The van der Waals surface area contributed by atoms with Crippen LogP contribution in [0, 0.1) is 0 Å². The second-order valence-corrected chi connectivity index (χ2v) is 9.18. The SMILES string of the molecule is CCON=C1CCCC1Oc1cc(O)c2c(=O)cc(-c3ccc(OC)c(OC4CCCC4)c3)oc2c1. The van der Waals surface area contributed by atoms with Crippen LogP contribution < -0.4 is 19.6 Å². The Labute approximate surface area is 209 Å². The molecule has 3 aromatic rings. The fraction of sp³-hybridized carbons (Fsp3) is 0.429. The normalized spacial score (nSPS) is 19.2. The first-order valence-electron chi connectivity index (χ1n) is 12.6. The minimum atomic E-state index is -0.344. The van der Waals surface area contributed by atoms with Crippen LogP contribution in [0.15, 0.2) is 50.8 Å². The van der Waals surface area contributed by atoms with Gasteiger partial charge in [0.2, 0.25) is 0 Å². The number of phenols is 1. The van der Waals surface area contributed by atoms with Crippen LogP contribution in [0.1, 0.15) is 51.9 Å². The van der Waals surface area contributed by atoms with Gasteiger partial charge in [0.05, 0.1) is 18.9 Å². The molecule has 8 nitrogen and oxygen atoms in total. The second kappa shape index (κ2) is 10.5. The highest BCUT2D eigenvalue weighted by Gasteiger charge is 2.26. The van der Waals surface area contributed by atoms with Crippen LogP contribution in [-0.2, 0) is 4.84 Å². The van der Waals surface area contributed by atoms with E-state index in [-0.39, 0.29) is 34.4 Å². The van der Waals surface area contributed by atoms with E-state index in [1.165, 1.54) is 12.1 Å². The van der Waals surface area contributed by atoms with Gasteiger partial charge >= 0.3 is 0 Å². The molecule has 2 fully saturated rings. The van der Waals surface area contributed by atoms with Crippen molar-refractivity contribution in [1.82, 2.24) is 0 Å². The van der Waals surface area contributed by atoms with Gasteiger partial charge in [0.25, 0.3) is 0 Å². The molecule has 0 bridgehead atoms. The molecule has 0 aliphatic heterocycles. The van der Waals surface area contributed by atoms with Crippen molar-refractivity contribution in [3.8, 4) is 34.3 Å². The van der Waals surface area contributed by atoms with Crippen LogP contribution in [-0.4, -0.2) is 36.7 Å². The number of hydrogen-bond acceptors (Lipinski definition) is 8. The first-order valence-corrected chi connectivity index (χ1v) is 12.6. The van der Waals surface area contributed by atoms with E-state index in [4.69, 9.17) is 23.5 Å². The highest BCUT2D eigenvalue weighted by molar-refractivity contribution is 5.91. The third kappa shape index (κ3) is 4.98. The summed E-state index contributed by atoms with van der Waals surface area (Å²) in [5.74, 6) is 1.82.